The minimum atomic E-state index is 0.445. The van der Waals surface area contributed by atoms with Gasteiger partial charge in [-0.25, -0.2) is 0 Å². The smallest absolute Gasteiger partial charge is 0.0814 e. The Hall–Kier alpha value is -0.540. The third-order valence-electron chi connectivity index (χ3n) is 1.79. The van der Waals surface area contributed by atoms with Gasteiger partial charge in [-0.3, -0.25) is 4.68 Å². The third kappa shape index (κ3) is 2.22. The lowest BCUT2D eigenvalue weighted by atomic mass is 10.2. The Morgan fingerprint density at radius 2 is 2.42 bits per heavy atom. The summed E-state index contributed by atoms with van der Waals surface area (Å²) in [6.07, 6.45) is 1.84. The summed E-state index contributed by atoms with van der Waals surface area (Å²) in [6, 6.07) is 0. The number of rotatable bonds is 3. The summed E-state index contributed by atoms with van der Waals surface area (Å²) < 4.78 is 1.84. The number of nitrogens with two attached hydrogens (primary N) is 1. The molecule has 0 aliphatic carbocycles. The van der Waals surface area contributed by atoms with E-state index < -0.39 is 0 Å². The summed E-state index contributed by atoms with van der Waals surface area (Å²) in [5.74, 6) is 0.445. The van der Waals surface area contributed by atoms with Crippen molar-refractivity contribution in [3.63, 3.8) is 0 Å². The van der Waals surface area contributed by atoms with Crippen molar-refractivity contribution in [2.75, 3.05) is 6.54 Å². The predicted molar refractivity (Wildman–Crippen MR) is 50.2 cm³/mol. The Kier molecular flexibility index (Phi) is 3.12. The SMILES string of the molecule is Cc1nn(CC(C)CN)cc1Cl. The lowest BCUT2D eigenvalue weighted by molar-refractivity contribution is 0.457. The molecule has 4 heteroatoms. The molecule has 1 aromatic rings. The summed E-state index contributed by atoms with van der Waals surface area (Å²) in [7, 11) is 0. The zero-order chi connectivity index (χ0) is 9.14. The normalized spacial score (nSPS) is 13.3. The van der Waals surface area contributed by atoms with Crippen LogP contribution in [0.2, 0.25) is 5.02 Å². The van der Waals surface area contributed by atoms with Gasteiger partial charge in [0.25, 0.3) is 0 Å². The van der Waals surface area contributed by atoms with Crippen LogP contribution in [0.3, 0.4) is 0 Å². The monoisotopic (exact) mass is 187 g/mol. The Balaban J connectivity index is 2.64. The molecular weight excluding hydrogens is 174 g/mol. The molecule has 0 aromatic carbocycles. The Bertz CT molecular complexity index is 237. The first kappa shape index (κ1) is 9.55. The van der Waals surface area contributed by atoms with Gasteiger partial charge in [0.1, 0.15) is 0 Å². The van der Waals surface area contributed by atoms with Crippen molar-refractivity contribution in [2.24, 2.45) is 11.7 Å². The lowest BCUT2D eigenvalue weighted by Gasteiger charge is -2.07. The number of aryl methyl sites for hydroxylation is 1. The highest BCUT2D eigenvalue weighted by Gasteiger charge is 2.04. The van der Waals surface area contributed by atoms with Gasteiger partial charge >= 0.3 is 0 Å². The third-order valence-corrected chi connectivity index (χ3v) is 2.16. The molecule has 0 aliphatic heterocycles. The van der Waals surface area contributed by atoms with E-state index in [1.165, 1.54) is 0 Å². The molecule has 1 unspecified atom stereocenters. The van der Waals surface area contributed by atoms with Gasteiger partial charge < -0.3 is 5.73 Å². The number of nitrogens with zero attached hydrogens (tertiary/aromatic N) is 2. The van der Waals surface area contributed by atoms with Crippen molar-refractivity contribution in [1.29, 1.82) is 0 Å². The number of aromatic nitrogens is 2. The van der Waals surface area contributed by atoms with Crippen LogP contribution in [0.15, 0.2) is 6.20 Å². The van der Waals surface area contributed by atoms with Crippen molar-refractivity contribution < 1.29 is 0 Å². The molecule has 0 amide bonds. The van der Waals surface area contributed by atoms with E-state index in [0.29, 0.717) is 12.5 Å². The van der Waals surface area contributed by atoms with Crippen LogP contribution >= 0.6 is 11.6 Å². The van der Waals surface area contributed by atoms with Crippen LogP contribution in [-0.4, -0.2) is 16.3 Å². The zero-order valence-corrected chi connectivity index (χ0v) is 8.17. The maximum absolute atomic E-state index is 5.84. The molecule has 1 atom stereocenters. The maximum atomic E-state index is 5.84. The van der Waals surface area contributed by atoms with Crippen molar-refractivity contribution in [3.8, 4) is 0 Å². The first-order valence-corrected chi connectivity index (χ1v) is 4.41. The second-order valence-electron chi connectivity index (χ2n) is 3.13. The quantitative estimate of drug-likeness (QED) is 0.779. The molecule has 1 aromatic heterocycles. The van der Waals surface area contributed by atoms with E-state index in [0.717, 1.165) is 17.3 Å². The van der Waals surface area contributed by atoms with Crippen molar-refractivity contribution in [2.45, 2.75) is 20.4 Å². The molecule has 2 N–H and O–H groups in total. The summed E-state index contributed by atoms with van der Waals surface area (Å²) in [5.41, 5.74) is 6.37. The van der Waals surface area contributed by atoms with Gasteiger partial charge in [-0.1, -0.05) is 18.5 Å². The number of hydrogen-bond acceptors (Lipinski definition) is 2. The van der Waals surface area contributed by atoms with E-state index in [4.69, 9.17) is 17.3 Å². The molecule has 0 saturated carbocycles. The predicted octanol–water partition coefficient (Wildman–Crippen LogP) is 1.44. The summed E-state index contributed by atoms with van der Waals surface area (Å²) >= 11 is 5.84. The average Bonchev–Trinajstić information content (AvgIpc) is 2.31. The highest BCUT2D eigenvalue weighted by atomic mass is 35.5. The Morgan fingerprint density at radius 3 is 2.83 bits per heavy atom. The molecule has 0 fully saturated rings. The van der Waals surface area contributed by atoms with E-state index >= 15 is 0 Å². The van der Waals surface area contributed by atoms with Crippen molar-refractivity contribution >= 4 is 11.6 Å². The molecule has 0 radical (unpaired) electrons. The van der Waals surface area contributed by atoms with Crippen molar-refractivity contribution in [3.05, 3.63) is 16.9 Å². The van der Waals surface area contributed by atoms with E-state index in [1.807, 2.05) is 17.8 Å². The molecule has 3 nitrogen and oxygen atoms in total. The van der Waals surface area contributed by atoms with E-state index in [1.54, 1.807) is 0 Å². The van der Waals surface area contributed by atoms with Gasteiger partial charge in [0.15, 0.2) is 0 Å². The molecule has 12 heavy (non-hydrogen) atoms. The van der Waals surface area contributed by atoms with Crippen LogP contribution < -0.4 is 5.73 Å². The van der Waals surface area contributed by atoms with Gasteiger partial charge in [0.2, 0.25) is 0 Å². The average molecular weight is 188 g/mol. The fraction of sp³-hybridized carbons (Fsp3) is 0.625. The molecule has 1 rings (SSSR count). The van der Waals surface area contributed by atoms with Crippen LogP contribution in [0.25, 0.3) is 0 Å². The highest BCUT2D eigenvalue weighted by molar-refractivity contribution is 6.31. The van der Waals surface area contributed by atoms with Gasteiger partial charge in [-0.05, 0) is 19.4 Å². The molecule has 68 valence electrons. The molecule has 0 saturated heterocycles. The fourth-order valence-corrected chi connectivity index (χ4v) is 1.13. The minimum absolute atomic E-state index is 0.445. The van der Waals surface area contributed by atoms with Crippen LogP contribution in [0.1, 0.15) is 12.6 Å². The van der Waals surface area contributed by atoms with Crippen LogP contribution in [0, 0.1) is 12.8 Å². The van der Waals surface area contributed by atoms with Gasteiger partial charge in [-0.15, -0.1) is 0 Å². The topological polar surface area (TPSA) is 43.8 Å². The van der Waals surface area contributed by atoms with Gasteiger partial charge in [-0.2, -0.15) is 5.10 Å². The fourth-order valence-electron chi connectivity index (χ4n) is 0.981. The van der Waals surface area contributed by atoms with Gasteiger partial charge in [0, 0.05) is 12.7 Å². The standard InChI is InChI=1S/C8H14ClN3/c1-6(3-10)4-12-5-8(9)7(2)11-12/h5-6H,3-4,10H2,1-2H3. The summed E-state index contributed by atoms with van der Waals surface area (Å²) in [6.45, 7) is 5.50. The van der Waals surface area contributed by atoms with E-state index in [-0.39, 0.29) is 0 Å². The number of halogens is 1. The molecule has 0 spiro atoms. The number of hydrogen-bond donors (Lipinski definition) is 1. The Labute approximate surface area is 77.5 Å². The van der Waals surface area contributed by atoms with E-state index in [9.17, 15) is 0 Å². The highest BCUT2D eigenvalue weighted by Crippen LogP contribution is 2.12. The van der Waals surface area contributed by atoms with Crippen LogP contribution in [-0.2, 0) is 6.54 Å². The largest absolute Gasteiger partial charge is 0.330 e. The zero-order valence-electron chi connectivity index (χ0n) is 7.42. The first-order valence-electron chi connectivity index (χ1n) is 4.03. The van der Waals surface area contributed by atoms with E-state index in [2.05, 4.69) is 12.0 Å². The Morgan fingerprint density at radius 1 is 1.75 bits per heavy atom. The minimum Gasteiger partial charge on any atom is -0.330 e. The molecule has 1 heterocycles. The molecule has 0 bridgehead atoms. The van der Waals surface area contributed by atoms with Crippen molar-refractivity contribution in [1.82, 2.24) is 9.78 Å². The summed E-state index contributed by atoms with van der Waals surface area (Å²) in [5, 5.41) is 4.95. The second-order valence-corrected chi connectivity index (χ2v) is 3.53. The first-order chi connectivity index (χ1) is 5.63. The summed E-state index contributed by atoms with van der Waals surface area (Å²) in [4.78, 5) is 0. The molecule has 0 aliphatic rings. The molecular formula is C8H14ClN3. The van der Waals surface area contributed by atoms with Gasteiger partial charge in [0.05, 0.1) is 10.7 Å². The maximum Gasteiger partial charge on any atom is 0.0814 e. The second kappa shape index (κ2) is 3.92. The van der Waals surface area contributed by atoms with Crippen LogP contribution in [0.5, 0.6) is 0 Å². The lowest BCUT2D eigenvalue weighted by Crippen LogP contribution is -2.17. The van der Waals surface area contributed by atoms with Crippen LogP contribution in [0.4, 0.5) is 0 Å².